The summed E-state index contributed by atoms with van der Waals surface area (Å²) in [5.74, 6) is 0.335. The van der Waals surface area contributed by atoms with E-state index in [1.54, 1.807) is 24.3 Å². The van der Waals surface area contributed by atoms with Crippen molar-refractivity contribution in [2.24, 2.45) is 12.5 Å². The van der Waals surface area contributed by atoms with Crippen molar-refractivity contribution < 1.29 is 14.3 Å². The van der Waals surface area contributed by atoms with E-state index >= 15 is 0 Å². The highest BCUT2D eigenvalue weighted by atomic mass is 16.5. The number of fused-ring (bicyclic) bond motifs is 3. The minimum Gasteiger partial charge on any atom is -0.381 e. The summed E-state index contributed by atoms with van der Waals surface area (Å²) in [7, 11) is 1.69. The molecule has 0 spiro atoms. The molecule has 3 aromatic heterocycles. The lowest BCUT2D eigenvalue weighted by molar-refractivity contribution is -0.111. The molecule has 294 valence electrons. The molecular formula is C43H53N9O4. The fourth-order valence-electron chi connectivity index (χ4n) is 9.28. The van der Waals surface area contributed by atoms with Crippen LogP contribution in [-0.4, -0.2) is 86.8 Å². The number of carbonyl (C=O) groups excluding carboxylic acids is 2. The predicted molar refractivity (Wildman–Crippen MR) is 220 cm³/mol. The molecule has 4 aromatic rings. The molecule has 0 radical (unpaired) electrons. The maximum Gasteiger partial charge on any atom is 0.293 e. The molecule has 4 aliphatic rings. The van der Waals surface area contributed by atoms with Gasteiger partial charge in [0.2, 0.25) is 5.91 Å². The van der Waals surface area contributed by atoms with Crippen molar-refractivity contribution in [1.82, 2.24) is 24.0 Å². The summed E-state index contributed by atoms with van der Waals surface area (Å²) in [4.78, 5) is 56.4. The van der Waals surface area contributed by atoms with Crippen LogP contribution in [-0.2, 0) is 36.0 Å². The van der Waals surface area contributed by atoms with Crippen molar-refractivity contribution in [3.8, 4) is 11.3 Å². The zero-order valence-corrected chi connectivity index (χ0v) is 33.4. The smallest absolute Gasteiger partial charge is 0.293 e. The topological polar surface area (TPSA) is 130 Å². The van der Waals surface area contributed by atoms with E-state index in [9.17, 15) is 14.4 Å². The van der Waals surface area contributed by atoms with E-state index in [2.05, 4.69) is 70.3 Å². The molecule has 0 saturated carbocycles. The number of rotatable bonds is 8. The summed E-state index contributed by atoms with van der Waals surface area (Å²) in [6, 6.07) is 10.2. The summed E-state index contributed by atoms with van der Waals surface area (Å²) in [5, 5.41) is 6.27. The molecule has 2 amide bonds. The van der Waals surface area contributed by atoms with Crippen LogP contribution in [0, 0.1) is 12.3 Å². The number of nitrogens with zero attached hydrogens (tertiary/aromatic N) is 7. The SMILES string of the molecule is C=CC(=O)Nc1cc(Nc2nc(-c3ccnc(N4CCn5c(cc6c5CC(C)(C)C6)C4=O)c3C)cn(C)c2=O)ccc1N1CCN(C2CCOCC2)CC1(C)C. The van der Waals surface area contributed by atoms with Crippen LogP contribution in [0.1, 0.15) is 67.8 Å². The number of aromatic nitrogens is 4. The van der Waals surface area contributed by atoms with Crippen molar-refractivity contribution >= 4 is 40.5 Å². The average Bonchev–Trinajstić information content (AvgIpc) is 3.66. The normalized spacial score (nSPS) is 19.4. The minimum absolute atomic E-state index is 0.0561. The number of benzene rings is 1. The Bertz CT molecular complexity index is 2280. The van der Waals surface area contributed by atoms with Gasteiger partial charge in [0.15, 0.2) is 5.82 Å². The number of anilines is 5. The van der Waals surface area contributed by atoms with Crippen molar-refractivity contribution in [3.63, 3.8) is 0 Å². The number of hydrogen-bond donors (Lipinski definition) is 2. The number of pyridine rings is 1. The maximum atomic E-state index is 13.9. The van der Waals surface area contributed by atoms with E-state index in [1.165, 1.54) is 21.9 Å². The van der Waals surface area contributed by atoms with Crippen LogP contribution in [0.15, 0.2) is 60.2 Å². The molecule has 0 atom stereocenters. The summed E-state index contributed by atoms with van der Waals surface area (Å²) in [5.41, 5.74) is 7.17. The Labute approximate surface area is 328 Å². The first-order valence-corrected chi connectivity index (χ1v) is 19.7. The number of carbonyl (C=O) groups is 2. The quantitative estimate of drug-likeness (QED) is 0.218. The van der Waals surface area contributed by atoms with Crippen molar-refractivity contribution in [1.29, 1.82) is 0 Å². The fraction of sp³-hybridized carbons (Fsp3) is 0.465. The van der Waals surface area contributed by atoms with Gasteiger partial charge in [-0.25, -0.2) is 9.97 Å². The number of amides is 2. The van der Waals surface area contributed by atoms with Crippen LogP contribution in [0.2, 0.25) is 0 Å². The van der Waals surface area contributed by atoms with Gasteiger partial charge in [0, 0.05) is 99.5 Å². The molecule has 0 unspecified atom stereocenters. The van der Waals surface area contributed by atoms with Gasteiger partial charge in [0.25, 0.3) is 11.5 Å². The first-order chi connectivity index (χ1) is 26.7. The Morgan fingerprint density at radius 1 is 1.02 bits per heavy atom. The number of nitrogens with one attached hydrogen (secondary N) is 2. The lowest BCUT2D eigenvalue weighted by Crippen LogP contribution is -2.62. The van der Waals surface area contributed by atoms with Gasteiger partial charge >= 0.3 is 0 Å². The van der Waals surface area contributed by atoms with Gasteiger partial charge in [-0.3, -0.25) is 24.2 Å². The Kier molecular flexibility index (Phi) is 9.64. The third kappa shape index (κ3) is 6.91. The molecule has 8 rings (SSSR count). The van der Waals surface area contributed by atoms with E-state index < -0.39 is 0 Å². The molecule has 0 bridgehead atoms. The van der Waals surface area contributed by atoms with Crippen LogP contribution < -0.4 is 26.0 Å². The molecule has 2 fully saturated rings. The van der Waals surface area contributed by atoms with Gasteiger partial charge in [-0.1, -0.05) is 20.4 Å². The second kappa shape index (κ2) is 14.3. The Balaban J connectivity index is 1.07. The van der Waals surface area contributed by atoms with Crippen molar-refractivity contribution in [2.75, 3.05) is 59.8 Å². The molecule has 13 nitrogen and oxygen atoms in total. The molecule has 1 aliphatic carbocycles. The third-order valence-electron chi connectivity index (χ3n) is 12.0. The summed E-state index contributed by atoms with van der Waals surface area (Å²) < 4.78 is 9.32. The first kappa shape index (κ1) is 37.6. The third-order valence-corrected chi connectivity index (χ3v) is 12.0. The minimum atomic E-state index is -0.324. The summed E-state index contributed by atoms with van der Waals surface area (Å²) in [6.07, 6.45) is 8.68. The van der Waals surface area contributed by atoms with Crippen LogP contribution in [0.3, 0.4) is 0 Å². The Hall–Kier alpha value is -5.27. The standard InChI is InChI=1S/C43H53N9O4/c1-8-37(53)46-32-22-29(9-10-34(32)52-18-15-49(26-43(52,5)6)30-12-19-56-20-13-30)45-38-41(55)48(7)25-33(47-38)31-11-14-44-39(27(31)2)51-17-16-50-35(40(51)54)21-28-23-42(3,4)24-36(28)50/h8-11,14,21-22,25,30H,1,12-13,15-20,23-24,26H2,2-7H3,(H,45,47)(H,46,53). The zero-order chi connectivity index (χ0) is 39.5. The first-order valence-electron chi connectivity index (χ1n) is 19.7. The molecule has 56 heavy (non-hydrogen) atoms. The fourth-order valence-corrected chi connectivity index (χ4v) is 9.28. The highest BCUT2D eigenvalue weighted by Crippen LogP contribution is 2.41. The molecule has 2 saturated heterocycles. The highest BCUT2D eigenvalue weighted by molar-refractivity contribution is 6.06. The van der Waals surface area contributed by atoms with Gasteiger partial charge in [0.05, 0.1) is 17.1 Å². The van der Waals surface area contributed by atoms with Gasteiger partial charge in [0.1, 0.15) is 11.5 Å². The summed E-state index contributed by atoms with van der Waals surface area (Å²) >= 11 is 0. The number of hydrogen-bond acceptors (Lipinski definition) is 9. The highest BCUT2D eigenvalue weighted by Gasteiger charge is 2.39. The van der Waals surface area contributed by atoms with Gasteiger partial charge < -0.3 is 29.4 Å². The molecule has 13 heteroatoms. The molecule has 2 N–H and O–H groups in total. The van der Waals surface area contributed by atoms with E-state index in [-0.39, 0.29) is 34.1 Å². The molecular weight excluding hydrogens is 707 g/mol. The summed E-state index contributed by atoms with van der Waals surface area (Å²) in [6.45, 7) is 20.1. The molecule has 1 aromatic carbocycles. The lowest BCUT2D eigenvalue weighted by atomic mass is 9.90. The van der Waals surface area contributed by atoms with Crippen molar-refractivity contribution in [3.05, 3.63) is 88.2 Å². The lowest BCUT2D eigenvalue weighted by Gasteiger charge is -2.51. The zero-order valence-electron chi connectivity index (χ0n) is 33.4. The average molecular weight is 760 g/mol. The monoisotopic (exact) mass is 759 g/mol. The Morgan fingerprint density at radius 2 is 1.80 bits per heavy atom. The van der Waals surface area contributed by atoms with Crippen LogP contribution in [0.4, 0.5) is 28.7 Å². The maximum absolute atomic E-state index is 13.9. The van der Waals surface area contributed by atoms with Crippen LogP contribution in [0.5, 0.6) is 0 Å². The van der Waals surface area contributed by atoms with Crippen molar-refractivity contribution in [2.45, 2.75) is 78.4 Å². The van der Waals surface area contributed by atoms with E-state index in [0.717, 1.165) is 75.3 Å². The molecule has 6 heterocycles. The van der Waals surface area contributed by atoms with E-state index in [1.807, 2.05) is 31.2 Å². The second-order valence-corrected chi connectivity index (χ2v) is 17.2. The van der Waals surface area contributed by atoms with Gasteiger partial charge in [-0.15, -0.1) is 0 Å². The van der Waals surface area contributed by atoms with E-state index in [0.29, 0.717) is 47.7 Å². The van der Waals surface area contributed by atoms with Crippen LogP contribution in [0.25, 0.3) is 11.3 Å². The van der Waals surface area contributed by atoms with Gasteiger partial charge in [-0.05, 0) is 93.8 Å². The number of ether oxygens (including phenoxy) is 1. The predicted octanol–water partition coefficient (Wildman–Crippen LogP) is 5.69. The number of piperazine rings is 1. The van der Waals surface area contributed by atoms with Gasteiger partial charge in [-0.2, -0.15) is 0 Å². The molecule has 3 aliphatic heterocycles. The largest absolute Gasteiger partial charge is 0.381 e. The second-order valence-electron chi connectivity index (χ2n) is 17.2. The van der Waals surface area contributed by atoms with Crippen LogP contribution >= 0.6 is 0 Å². The Morgan fingerprint density at radius 3 is 2.55 bits per heavy atom. The number of aryl methyl sites for hydroxylation is 1. The van der Waals surface area contributed by atoms with E-state index in [4.69, 9.17) is 9.72 Å².